The predicted molar refractivity (Wildman–Crippen MR) is 143 cm³/mol. The number of ether oxygens (including phenoxy) is 8. The molecule has 0 atom stereocenters. The Labute approximate surface area is 237 Å². The van der Waals surface area contributed by atoms with E-state index in [0.29, 0.717) is 106 Å². The van der Waals surface area contributed by atoms with Gasteiger partial charge in [0.2, 0.25) is 0 Å². The zero-order valence-electron chi connectivity index (χ0n) is 23.8. The molecule has 0 aromatic rings. The Morgan fingerprint density at radius 2 is 0.275 bits per heavy atom. The first kappa shape index (κ1) is 46.3. The summed E-state index contributed by atoms with van der Waals surface area (Å²) in [5, 5.41) is 66.1. The highest BCUT2D eigenvalue weighted by Gasteiger charge is 1.89. The normalized spacial score (nSPS) is 10.2. The van der Waals surface area contributed by atoms with E-state index < -0.39 is 0 Å². The Bertz CT molecular complexity index is 263. The molecule has 0 amide bonds. The lowest BCUT2D eigenvalue weighted by Crippen LogP contribution is -2.09. The SMILES string of the molecule is OCCOCCOCCO.OCCOCCOCCO.OCCOCCOCCO.OCCOCCOCCO. The second-order valence-corrected chi connectivity index (χ2v) is 6.69. The molecule has 0 radical (unpaired) electrons. The molecule has 0 aliphatic heterocycles. The van der Waals surface area contributed by atoms with Crippen LogP contribution in [-0.4, -0.2) is 199 Å². The highest BCUT2D eigenvalue weighted by Crippen LogP contribution is 1.79. The summed E-state index contributed by atoms with van der Waals surface area (Å²) in [6.45, 7) is 6.91. The lowest BCUT2D eigenvalue weighted by atomic mass is 10.7. The Kier molecular flexibility index (Phi) is 63.0. The van der Waals surface area contributed by atoms with Crippen molar-refractivity contribution >= 4 is 0 Å². The average Bonchev–Trinajstić information content (AvgIpc) is 2.97. The van der Waals surface area contributed by atoms with Gasteiger partial charge in [-0.15, -0.1) is 0 Å². The van der Waals surface area contributed by atoms with Crippen molar-refractivity contribution in [3.63, 3.8) is 0 Å². The third-order valence-corrected chi connectivity index (χ3v) is 3.37. The summed E-state index contributed by atoms with van der Waals surface area (Å²) in [4.78, 5) is 0. The molecule has 0 rings (SSSR count). The van der Waals surface area contributed by atoms with Gasteiger partial charge < -0.3 is 78.7 Å². The topological polar surface area (TPSA) is 236 Å². The van der Waals surface area contributed by atoms with Crippen molar-refractivity contribution in [2.24, 2.45) is 0 Å². The summed E-state index contributed by atoms with van der Waals surface area (Å²) >= 11 is 0. The van der Waals surface area contributed by atoms with Gasteiger partial charge in [-0.1, -0.05) is 0 Å². The fourth-order valence-corrected chi connectivity index (χ4v) is 1.80. The molecule has 0 bridgehead atoms. The third-order valence-electron chi connectivity index (χ3n) is 3.37. The van der Waals surface area contributed by atoms with Crippen molar-refractivity contribution < 1.29 is 78.7 Å². The van der Waals surface area contributed by atoms with E-state index in [1.54, 1.807) is 0 Å². The average molecular weight is 601 g/mol. The summed E-state index contributed by atoms with van der Waals surface area (Å²) in [5.41, 5.74) is 0. The molecule has 0 aliphatic carbocycles. The lowest BCUT2D eigenvalue weighted by Gasteiger charge is -2.01. The predicted octanol–water partition coefficient (Wildman–Crippen LogP) is -3.98. The lowest BCUT2D eigenvalue weighted by molar-refractivity contribution is 0.0222. The first-order valence-corrected chi connectivity index (χ1v) is 13.1. The van der Waals surface area contributed by atoms with Crippen molar-refractivity contribution in [3.8, 4) is 0 Å². The van der Waals surface area contributed by atoms with Gasteiger partial charge in [0.1, 0.15) is 0 Å². The van der Waals surface area contributed by atoms with Gasteiger partial charge in [-0.05, 0) is 0 Å². The van der Waals surface area contributed by atoms with Gasteiger partial charge in [0, 0.05) is 0 Å². The molecule has 0 fully saturated rings. The van der Waals surface area contributed by atoms with Gasteiger partial charge in [0.25, 0.3) is 0 Å². The van der Waals surface area contributed by atoms with Gasteiger partial charge in [0.05, 0.1) is 159 Å². The molecule has 0 aromatic heterocycles. The Balaban J connectivity index is -0.000000216. The number of aliphatic hydroxyl groups is 8. The number of rotatable bonds is 28. The second kappa shape index (κ2) is 54.4. The van der Waals surface area contributed by atoms with Crippen molar-refractivity contribution in [1.82, 2.24) is 0 Å². The highest BCUT2D eigenvalue weighted by molar-refractivity contribution is 4.32. The standard InChI is InChI=1S/4C6H14O4/c4*7-1-3-9-5-6-10-4-2-8/h4*7-8H,1-6H2. The largest absolute Gasteiger partial charge is 0.394 e. The third kappa shape index (κ3) is 66.0. The summed E-state index contributed by atoms with van der Waals surface area (Å²) < 4.78 is 39.0. The van der Waals surface area contributed by atoms with Crippen LogP contribution in [0.2, 0.25) is 0 Å². The van der Waals surface area contributed by atoms with E-state index in [1.807, 2.05) is 0 Å². The maximum Gasteiger partial charge on any atom is 0.0701 e. The molecule has 0 saturated carbocycles. The van der Waals surface area contributed by atoms with E-state index >= 15 is 0 Å². The molecule has 248 valence electrons. The van der Waals surface area contributed by atoms with Crippen LogP contribution in [0.15, 0.2) is 0 Å². The van der Waals surface area contributed by atoms with E-state index in [0.717, 1.165) is 0 Å². The molecule has 0 heterocycles. The van der Waals surface area contributed by atoms with Crippen LogP contribution in [0, 0.1) is 0 Å². The van der Waals surface area contributed by atoms with Crippen LogP contribution >= 0.6 is 0 Å². The molecule has 16 heteroatoms. The van der Waals surface area contributed by atoms with E-state index in [-0.39, 0.29) is 52.9 Å². The zero-order valence-corrected chi connectivity index (χ0v) is 23.8. The van der Waals surface area contributed by atoms with Crippen molar-refractivity contribution in [1.29, 1.82) is 0 Å². The zero-order chi connectivity index (χ0) is 30.6. The van der Waals surface area contributed by atoms with Gasteiger partial charge >= 0.3 is 0 Å². The van der Waals surface area contributed by atoms with Crippen molar-refractivity contribution in [3.05, 3.63) is 0 Å². The van der Waals surface area contributed by atoms with Crippen LogP contribution in [0.4, 0.5) is 0 Å². The van der Waals surface area contributed by atoms with Gasteiger partial charge in [-0.25, -0.2) is 0 Å². The Hall–Kier alpha value is -0.640. The van der Waals surface area contributed by atoms with Crippen LogP contribution in [-0.2, 0) is 37.9 Å². The van der Waals surface area contributed by atoms with E-state index in [2.05, 4.69) is 0 Å². The molecule has 0 saturated heterocycles. The first-order chi connectivity index (χ1) is 19.7. The Morgan fingerprint density at radius 3 is 0.350 bits per heavy atom. The molecule has 0 spiro atoms. The molecule has 8 N–H and O–H groups in total. The minimum Gasteiger partial charge on any atom is -0.394 e. The molecular formula is C24H56O16. The fraction of sp³-hybridized carbons (Fsp3) is 1.00. The molecule has 0 aromatic carbocycles. The van der Waals surface area contributed by atoms with E-state index in [4.69, 9.17) is 78.7 Å². The summed E-state index contributed by atoms with van der Waals surface area (Å²) in [6, 6.07) is 0. The van der Waals surface area contributed by atoms with Crippen molar-refractivity contribution in [2.45, 2.75) is 0 Å². The second-order valence-electron chi connectivity index (χ2n) is 6.69. The fourth-order valence-electron chi connectivity index (χ4n) is 1.80. The first-order valence-electron chi connectivity index (χ1n) is 13.1. The maximum absolute atomic E-state index is 8.26. The molecule has 16 nitrogen and oxygen atoms in total. The van der Waals surface area contributed by atoms with Crippen LogP contribution in [0.5, 0.6) is 0 Å². The quantitative estimate of drug-likeness (QED) is 0.0400. The summed E-state index contributed by atoms with van der Waals surface area (Å²) in [5.74, 6) is 0. The van der Waals surface area contributed by atoms with Crippen LogP contribution in [0.25, 0.3) is 0 Å². The monoisotopic (exact) mass is 600 g/mol. The molecule has 40 heavy (non-hydrogen) atoms. The molecular weight excluding hydrogens is 544 g/mol. The number of aliphatic hydroxyl groups excluding tert-OH is 8. The van der Waals surface area contributed by atoms with Gasteiger partial charge in [-0.3, -0.25) is 0 Å². The molecule has 0 unspecified atom stereocenters. The van der Waals surface area contributed by atoms with Gasteiger partial charge in [0.15, 0.2) is 0 Å². The Morgan fingerprint density at radius 1 is 0.175 bits per heavy atom. The smallest absolute Gasteiger partial charge is 0.0701 e. The highest BCUT2D eigenvalue weighted by atomic mass is 16.5. The summed E-state index contributed by atoms with van der Waals surface area (Å²) in [6.07, 6.45) is 0. The number of hydrogen-bond acceptors (Lipinski definition) is 16. The van der Waals surface area contributed by atoms with E-state index in [1.165, 1.54) is 0 Å². The van der Waals surface area contributed by atoms with E-state index in [9.17, 15) is 0 Å². The number of hydrogen-bond donors (Lipinski definition) is 8. The van der Waals surface area contributed by atoms with Crippen LogP contribution in [0.1, 0.15) is 0 Å². The minimum atomic E-state index is 0.0417. The maximum atomic E-state index is 8.26. The van der Waals surface area contributed by atoms with Crippen molar-refractivity contribution in [2.75, 3.05) is 159 Å². The molecule has 0 aliphatic rings. The van der Waals surface area contributed by atoms with Gasteiger partial charge in [-0.2, -0.15) is 0 Å². The minimum absolute atomic E-state index is 0.0417. The summed E-state index contributed by atoms with van der Waals surface area (Å²) in [7, 11) is 0. The van der Waals surface area contributed by atoms with Crippen LogP contribution < -0.4 is 0 Å². The van der Waals surface area contributed by atoms with Crippen LogP contribution in [0.3, 0.4) is 0 Å².